The molecule has 1 atom stereocenters. The van der Waals surface area contributed by atoms with Crippen molar-refractivity contribution in [3.63, 3.8) is 0 Å². The van der Waals surface area contributed by atoms with E-state index in [0.29, 0.717) is 0 Å². The lowest BCUT2D eigenvalue weighted by molar-refractivity contribution is -0.135. The zero-order valence-corrected chi connectivity index (χ0v) is 10.4. The van der Waals surface area contributed by atoms with Crippen molar-refractivity contribution in [1.29, 1.82) is 0 Å². The molecule has 17 heavy (non-hydrogen) atoms. The van der Waals surface area contributed by atoms with Crippen LogP contribution in [0.2, 0.25) is 0 Å². The van der Waals surface area contributed by atoms with E-state index in [1.54, 1.807) is 0 Å². The fourth-order valence-corrected chi connectivity index (χ4v) is 2.34. The Morgan fingerprint density at radius 3 is 2.82 bits per heavy atom. The van der Waals surface area contributed by atoms with Crippen molar-refractivity contribution in [3.05, 3.63) is 35.9 Å². The number of piperidine rings is 1. The Labute approximate surface area is 103 Å². The van der Waals surface area contributed by atoms with Gasteiger partial charge in [-0.25, -0.2) is 0 Å². The molecule has 1 N–H and O–H groups in total. The lowest BCUT2D eigenvalue weighted by atomic mass is 10.0. The molecule has 1 unspecified atom stereocenters. The van der Waals surface area contributed by atoms with Crippen molar-refractivity contribution in [2.24, 2.45) is 0 Å². The molecule has 0 radical (unpaired) electrons. The van der Waals surface area contributed by atoms with Crippen molar-refractivity contribution in [3.8, 4) is 0 Å². The molecule has 3 heteroatoms. The van der Waals surface area contributed by atoms with Gasteiger partial charge in [0.1, 0.15) is 0 Å². The Bertz CT molecular complexity index is 364. The van der Waals surface area contributed by atoms with Gasteiger partial charge in [0.25, 0.3) is 0 Å². The molecule has 92 valence electrons. The first-order chi connectivity index (χ1) is 8.31. The van der Waals surface area contributed by atoms with Crippen molar-refractivity contribution in [2.75, 3.05) is 20.1 Å². The minimum absolute atomic E-state index is 0.0273. The van der Waals surface area contributed by atoms with Crippen LogP contribution >= 0.6 is 0 Å². The van der Waals surface area contributed by atoms with E-state index < -0.39 is 0 Å². The van der Waals surface area contributed by atoms with E-state index in [4.69, 9.17) is 0 Å². The lowest BCUT2D eigenvalue weighted by Gasteiger charge is -2.32. The third kappa shape index (κ3) is 3.07. The highest BCUT2D eigenvalue weighted by Gasteiger charge is 2.26. The molecular formula is C14H20N2O. The summed E-state index contributed by atoms with van der Waals surface area (Å²) in [6.45, 7) is 1.74. The largest absolute Gasteiger partial charge is 0.341 e. The average molecular weight is 232 g/mol. The van der Waals surface area contributed by atoms with E-state index in [1.807, 2.05) is 30.1 Å². The van der Waals surface area contributed by atoms with Crippen LogP contribution in [0.15, 0.2) is 30.3 Å². The van der Waals surface area contributed by atoms with E-state index in [2.05, 4.69) is 17.4 Å². The topological polar surface area (TPSA) is 32.3 Å². The zero-order chi connectivity index (χ0) is 12.1. The molecule has 0 aromatic heterocycles. The number of hydrogen-bond donors (Lipinski definition) is 1. The van der Waals surface area contributed by atoms with E-state index in [0.717, 1.165) is 32.4 Å². The summed E-state index contributed by atoms with van der Waals surface area (Å²) >= 11 is 0. The summed E-state index contributed by atoms with van der Waals surface area (Å²) in [5.41, 5.74) is 1.30. The minimum atomic E-state index is 0.0273. The fourth-order valence-electron chi connectivity index (χ4n) is 2.34. The Kier molecular flexibility index (Phi) is 4.15. The number of rotatable bonds is 4. The number of hydrogen-bond acceptors (Lipinski definition) is 2. The second-order valence-corrected chi connectivity index (χ2v) is 4.54. The van der Waals surface area contributed by atoms with E-state index >= 15 is 0 Å². The highest BCUT2D eigenvalue weighted by Crippen LogP contribution is 2.12. The Morgan fingerprint density at radius 2 is 2.12 bits per heavy atom. The summed E-state index contributed by atoms with van der Waals surface area (Å²) in [4.78, 5) is 14.0. The number of nitrogens with zero attached hydrogens (tertiary/aromatic N) is 1. The van der Waals surface area contributed by atoms with E-state index in [1.165, 1.54) is 5.56 Å². The second-order valence-electron chi connectivity index (χ2n) is 4.54. The average Bonchev–Trinajstić information content (AvgIpc) is 2.39. The van der Waals surface area contributed by atoms with Gasteiger partial charge in [-0.2, -0.15) is 0 Å². The van der Waals surface area contributed by atoms with Gasteiger partial charge in [-0.3, -0.25) is 4.79 Å². The third-order valence-electron chi connectivity index (χ3n) is 3.39. The van der Waals surface area contributed by atoms with Gasteiger partial charge in [0.15, 0.2) is 0 Å². The monoisotopic (exact) mass is 232 g/mol. The number of benzene rings is 1. The Hall–Kier alpha value is -1.35. The highest BCUT2D eigenvalue weighted by atomic mass is 16.2. The molecule has 0 aliphatic carbocycles. The summed E-state index contributed by atoms with van der Waals surface area (Å²) in [7, 11) is 1.86. The molecule has 3 nitrogen and oxygen atoms in total. The lowest BCUT2D eigenvalue weighted by Crippen LogP contribution is -2.50. The fraction of sp³-hybridized carbons (Fsp3) is 0.500. The van der Waals surface area contributed by atoms with Gasteiger partial charge in [0, 0.05) is 13.1 Å². The van der Waals surface area contributed by atoms with Gasteiger partial charge < -0.3 is 10.2 Å². The van der Waals surface area contributed by atoms with Crippen LogP contribution in [0.5, 0.6) is 0 Å². The number of amides is 1. The maximum atomic E-state index is 12.0. The molecule has 1 aliphatic rings. The van der Waals surface area contributed by atoms with Crippen LogP contribution in [-0.2, 0) is 11.2 Å². The molecule has 2 rings (SSSR count). The third-order valence-corrected chi connectivity index (χ3v) is 3.39. The summed E-state index contributed by atoms with van der Waals surface area (Å²) in [6, 6.07) is 10.4. The molecule has 1 aliphatic heterocycles. The van der Waals surface area contributed by atoms with Gasteiger partial charge in [0.2, 0.25) is 5.91 Å². The molecule has 1 aromatic carbocycles. The van der Waals surface area contributed by atoms with Crippen LogP contribution in [0, 0.1) is 0 Å². The van der Waals surface area contributed by atoms with Crippen LogP contribution in [0.1, 0.15) is 18.4 Å². The first-order valence-electron chi connectivity index (χ1n) is 6.31. The minimum Gasteiger partial charge on any atom is -0.341 e. The normalized spacial score (nSPS) is 20.6. The van der Waals surface area contributed by atoms with Gasteiger partial charge >= 0.3 is 0 Å². The standard InChI is InChI=1S/C14H20N2O/c1-15-13-8-5-10-16(14(13)17)11-9-12-6-3-2-4-7-12/h2-4,6-7,13,15H,5,8-11H2,1H3. The number of likely N-dealkylation sites (tertiary alicyclic amines) is 1. The number of carbonyl (C=O) groups excluding carboxylic acids is 1. The number of nitrogens with one attached hydrogen (secondary N) is 1. The van der Waals surface area contributed by atoms with Crippen LogP contribution in [0.3, 0.4) is 0 Å². The first kappa shape index (κ1) is 12.1. The SMILES string of the molecule is CNC1CCCN(CCc2ccccc2)C1=O. The van der Waals surface area contributed by atoms with Gasteiger partial charge in [-0.1, -0.05) is 30.3 Å². The van der Waals surface area contributed by atoms with Gasteiger partial charge in [-0.05, 0) is 31.9 Å². The number of carbonyl (C=O) groups is 1. The molecule has 1 aromatic rings. The van der Waals surface area contributed by atoms with Crippen LogP contribution in [0.25, 0.3) is 0 Å². The maximum Gasteiger partial charge on any atom is 0.239 e. The van der Waals surface area contributed by atoms with E-state index in [9.17, 15) is 4.79 Å². The smallest absolute Gasteiger partial charge is 0.239 e. The van der Waals surface area contributed by atoms with Crippen molar-refractivity contribution in [2.45, 2.75) is 25.3 Å². The quantitative estimate of drug-likeness (QED) is 0.852. The highest BCUT2D eigenvalue weighted by molar-refractivity contribution is 5.82. The molecule has 1 amide bonds. The predicted molar refractivity (Wildman–Crippen MR) is 68.8 cm³/mol. The van der Waals surface area contributed by atoms with Gasteiger partial charge in [0.05, 0.1) is 6.04 Å². The van der Waals surface area contributed by atoms with Crippen molar-refractivity contribution < 1.29 is 4.79 Å². The molecule has 1 heterocycles. The summed E-state index contributed by atoms with van der Waals surface area (Å²) in [5.74, 6) is 0.259. The Balaban J connectivity index is 1.88. The first-order valence-corrected chi connectivity index (χ1v) is 6.31. The van der Waals surface area contributed by atoms with Crippen LogP contribution in [-0.4, -0.2) is 37.0 Å². The molecule has 0 spiro atoms. The molecular weight excluding hydrogens is 212 g/mol. The molecule has 0 saturated carbocycles. The summed E-state index contributed by atoms with van der Waals surface area (Å²) in [5, 5.41) is 3.09. The van der Waals surface area contributed by atoms with Crippen LogP contribution < -0.4 is 5.32 Å². The summed E-state index contributed by atoms with van der Waals surface area (Å²) in [6.07, 6.45) is 3.02. The van der Waals surface area contributed by atoms with Crippen molar-refractivity contribution >= 4 is 5.91 Å². The van der Waals surface area contributed by atoms with Gasteiger partial charge in [-0.15, -0.1) is 0 Å². The Morgan fingerprint density at radius 1 is 1.35 bits per heavy atom. The predicted octanol–water partition coefficient (Wildman–Crippen LogP) is 1.44. The molecule has 0 bridgehead atoms. The molecule has 1 saturated heterocycles. The maximum absolute atomic E-state index is 12.0. The van der Waals surface area contributed by atoms with Crippen LogP contribution in [0.4, 0.5) is 0 Å². The van der Waals surface area contributed by atoms with E-state index in [-0.39, 0.29) is 11.9 Å². The summed E-state index contributed by atoms with van der Waals surface area (Å²) < 4.78 is 0. The zero-order valence-electron chi connectivity index (χ0n) is 10.4. The van der Waals surface area contributed by atoms with Crippen molar-refractivity contribution in [1.82, 2.24) is 10.2 Å². The second kappa shape index (κ2) is 5.82. The molecule has 1 fully saturated rings. The number of likely N-dealkylation sites (N-methyl/N-ethyl adjacent to an activating group) is 1.